The van der Waals surface area contributed by atoms with Crippen molar-refractivity contribution in [3.63, 3.8) is 0 Å². The van der Waals surface area contributed by atoms with Gasteiger partial charge < -0.3 is 5.73 Å². The van der Waals surface area contributed by atoms with Gasteiger partial charge in [0.25, 0.3) is 5.91 Å². The van der Waals surface area contributed by atoms with Crippen LogP contribution < -0.4 is 5.73 Å². The maximum atomic E-state index is 13.4. The summed E-state index contributed by atoms with van der Waals surface area (Å²) in [4.78, 5) is 12.8. The summed E-state index contributed by atoms with van der Waals surface area (Å²) in [6, 6.07) is 8.38. The van der Waals surface area contributed by atoms with Gasteiger partial charge in [0.05, 0.1) is 11.1 Å². The highest BCUT2D eigenvalue weighted by Gasteiger charge is 2.35. The maximum Gasteiger partial charge on any atom is 0.418 e. The lowest BCUT2D eigenvalue weighted by Gasteiger charge is -2.12. The molecule has 0 spiro atoms. The summed E-state index contributed by atoms with van der Waals surface area (Å²) in [5.74, 6) is -0.568. The molecule has 0 fully saturated rings. The Balaban J connectivity index is 2.28. The lowest BCUT2D eigenvalue weighted by molar-refractivity contribution is -0.136. The summed E-state index contributed by atoms with van der Waals surface area (Å²) in [5.41, 5.74) is 5.98. The molecule has 0 atom stereocenters. The molecule has 0 aliphatic heterocycles. The molecule has 0 bridgehead atoms. The number of nitrogens with zero attached hydrogens (tertiary/aromatic N) is 1. The molecule has 130 valence electrons. The van der Waals surface area contributed by atoms with Gasteiger partial charge in [-0.15, -0.1) is 0 Å². The number of alkyl halides is 3. The third-order valence-electron chi connectivity index (χ3n) is 4.06. The zero-order chi connectivity index (χ0) is 18.4. The molecule has 0 radical (unpaired) electrons. The predicted octanol–water partition coefficient (Wildman–Crippen LogP) is 4.77. The fourth-order valence-electron chi connectivity index (χ4n) is 2.82. The maximum absolute atomic E-state index is 13.4. The monoisotopic (exact) mass is 366 g/mol. The van der Waals surface area contributed by atoms with E-state index in [9.17, 15) is 18.0 Å². The number of aryl methyl sites for hydroxylation is 1. The van der Waals surface area contributed by atoms with E-state index in [2.05, 4.69) is 0 Å². The van der Waals surface area contributed by atoms with Crippen LogP contribution in [0, 0.1) is 6.92 Å². The molecule has 2 N–H and O–H groups in total. The van der Waals surface area contributed by atoms with Crippen molar-refractivity contribution in [2.45, 2.75) is 19.6 Å². The van der Waals surface area contributed by atoms with Gasteiger partial charge in [-0.1, -0.05) is 23.7 Å². The summed E-state index contributed by atoms with van der Waals surface area (Å²) >= 11 is 5.95. The van der Waals surface area contributed by atoms with E-state index < -0.39 is 17.6 Å². The zero-order valence-electron chi connectivity index (χ0n) is 13.2. The molecule has 25 heavy (non-hydrogen) atoms. The molecule has 3 rings (SSSR count). The van der Waals surface area contributed by atoms with Gasteiger partial charge in [-0.25, -0.2) is 0 Å². The molecule has 0 saturated carbocycles. The van der Waals surface area contributed by atoms with Crippen LogP contribution in [0.3, 0.4) is 0 Å². The second kappa shape index (κ2) is 6.20. The quantitative estimate of drug-likeness (QED) is 0.710. The van der Waals surface area contributed by atoms with Gasteiger partial charge in [-0.2, -0.15) is 13.2 Å². The third kappa shape index (κ3) is 3.03. The van der Waals surface area contributed by atoms with E-state index in [4.69, 9.17) is 17.3 Å². The number of nitrogens with two attached hydrogens (primary N) is 1. The Labute approximate surface area is 146 Å². The molecule has 1 heterocycles. The van der Waals surface area contributed by atoms with Crippen LogP contribution in [0.15, 0.2) is 42.6 Å². The van der Waals surface area contributed by atoms with Gasteiger partial charge in [0, 0.05) is 28.7 Å². The minimum absolute atomic E-state index is 0.0255. The van der Waals surface area contributed by atoms with Gasteiger partial charge >= 0.3 is 6.18 Å². The molecule has 3 nitrogen and oxygen atoms in total. The Morgan fingerprint density at radius 1 is 1.24 bits per heavy atom. The Morgan fingerprint density at radius 2 is 1.96 bits per heavy atom. The van der Waals surface area contributed by atoms with Crippen LogP contribution in [-0.2, 0) is 12.7 Å². The Kier molecular flexibility index (Phi) is 4.34. The number of carbonyl (C=O) groups excluding carboxylic acids is 1. The van der Waals surface area contributed by atoms with Crippen LogP contribution in [-0.4, -0.2) is 10.5 Å². The highest BCUT2D eigenvalue weighted by molar-refractivity contribution is 6.31. The van der Waals surface area contributed by atoms with Crippen LogP contribution in [0.2, 0.25) is 5.02 Å². The molecule has 0 unspecified atom stereocenters. The van der Waals surface area contributed by atoms with Crippen molar-refractivity contribution < 1.29 is 18.0 Å². The van der Waals surface area contributed by atoms with Crippen molar-refractivity contribution in [3.8, 4) is 0 Å². The van der Waals surface area contributed by atoms with Gasteiger partial charge in [-0.05, 0) is 42.3 Å². The Hall–Kier alpha value is -2.31. The first-order chi connectivity index (χ1) is 11.7. The number of para-hydroxylation sites is 1. The average molecular weight is 367 g/mol. The number of fused-ring (bicyclic) bond motifs is 1. The van der Waals surface area contributed by atoms with E-state index in [0.717, 1.165) is 10.6 Å². The van der Waals surface area contributed by atoms with E-state index in [1.54, 1.807) is 19.1 Å². The fraction of sp³-hybridized carbons (Fsp3) is 0.167. The molecular formula is C18H14ClF3N2O. The lowest BCUT2D eigenvalue weighted by Crippen LogP contribution is -2.15. The smallest absolute Gasteiger partial charge is 0.326 e. The Bertz CT molecular complexity index is 976. The second-order valence-corrected chi connectivity index (χ2v) is 6.10. The molecule has 0 aliphatic carbocycles. The summed E-state index contributed by atoms with van der Waals surface area (Å²) in [6.45, 7) is 1.75. The normalized spacial score (nSPS) is 11.9. The number of carbonyl (C=O) groups is 1. The summed E-state index contributed by atoms with van der Waals surface area (Å²) in [6.07, 6.45) is -3.22. The number of aromatic nitrogens is 1. The van der Waals surface area contributed by atoms with Crippen molar-refractivity contribution in [1.29, 1.82) is 0 Å². The van der Waals surface area contributed by atoms with Gasteiger partial charge in [-0.3, -0.25) is 9.36 Å². The SMILES string of the molecule is Cc1cc(C(=O)n2cc(CN)c3cccc(C(F)(F)F)c32)ccc1Cl. The molecule has 0 aliphatic rings. The lowest BCUT2D eigenvalue weighted by atomic mass is 10.1. The van der Waals surface area contributed by atoms with Gasteiger partial charge in [0.1, 0.15) is 0 Å². The van der Waals surface area contributed by atoms with Crippen LogP contribution in [0.25, 0.3) is 10.9 Å². The minimum atomic E-state index is -4.59. The number of rotatable bonds is 2. The number of hydrogen-bond donors (Lipinski definition) is 1. The number of benzene rings is 2. The minimum Gasteiger partial charge on any atom is -0.326 e. The van der Waals surface area contributed by atoms with Crippen molar-refractivity contribution in [1.82, 2.24) is 4.57 Å². The van der Waals surface area contributed by atoms with Crippen LogP contribution in [0.1, 0.15) is 27.0 Å². The van der Waals surface area contributed by atoms with Crippen molar-refractivity contribution in [3.05, 3.63) is 69.9 Å². The van der Waals surface area contributed by atoms with E-state index in [-0.39, 0.29) is 17.6 Å². The highest BCUT2D eigenvalue weighted by atomic mass is 35.5. The van der Waals surface area contributed by atoms with Crippen LogP contribution in [0.4, 0.5) is 13.2 Å². The first-order valence-corrected chi connectivity index (χ1v) is 7.83. The molecular weight excluding hydrogens is 353 g/mol. The largest absolute Gasteiger partial charge is 0.418 e. The predicted molar refractivity (Wildman–Crippen MR) is 90.7 cm³/mol. The molecule has 2 aromatic carbocycles. The first kappa shape index (κ1) is 17.5. The first-order valence-electron chi connectivity index (χ1n) is 7.45. The topological polar surface area (TPSA) is 48.0 Å². The standard InChI is InChI=1S/C18H14ClF3N2O/c1-10-7-11(5-6-15(10)19)17(25)24-9-12(8-23)13-3-2-4-14(16(13)24)18(20,21)22/h2-7,9H,8,23H2,1H3. The van der Waals surface area contributed by atoms with E-state index in [1.165, 1.54) is 24.4 Å². The fourth-order valence-corrected chi connectivity index (χ4v) is 2.94. The average Bonchev–Trinajstić information content (AvgIpc) is 2.94. The van der Waals surface area contributed by atoms with Crippen LogP contribution >= 0.6 is 11.6 Å². The van der Waals surface area contributed by atoms with Gasteiger partial charge in [0.15, 0.2) is 0 Å². The van der Waals surface area contributed by atoms with E-state index in [1.807, 2.05) is 0 Å². The summed E-state index contributed by atoms with van der Waals surface area (Å²) in [5, 5.41) is 0.795. The van der Waals surface area contributed by atoms with E-state index >= 15 is 0 Å². The van der Waals surface area contributed by atoms with Crippen molar-refractivity contribution in [2.75, 3.05) is 0 Å². The summed E-state index contributed by atoms with van der Waals surface area (Å²) < 4.78 is 41.3. The van der Waals surface area contributed by atoms with Crippen LogP contribution in [0.5, 0.6) is 0 Å². The second-order valence-electron chi connectivity index (χ2n) is 5.70. The van der Waals surface area contributed by atoms with Crippen molar-refractivity contribution in [2.24, 2.45) is 5.73 Å². The number of hydrogen-bond acceptors (Lipinski definition) is 2. The Morgan fingerprint density at radius 3 is 2.56 bits per heavy atom. The molecule has 1 aromatic heterocycles. The summed E-state index contributed by atoms with van der Waals surface area (Å²) in [7, 11) is 0. The molecule has 7 heteroatoms. The zero-order valence-corrected chi connectivity index (χ0v) is 13.9. The number of halogens is 4. The third-order valence-corrected chi connectivity index (χ3v) is 4.48. The molecule has 3 aromatic rings. The highest BCUT2D eigenvalue weighted by Crippen LogP contribution is 2.36. The molecule has 0 amide bonds. The van der Waals surface area contributed by atoms with Gasteiger partial charge in [0.2, 0.25) is 0 Å². The van der Waals surface area contributed by atoms with Crippen molar-refractivity contribution >= 4 is 28.4 Å². The van der Waals surface area contributed by atoms with E-state index in [0.29, 0.717) is 21.5 Å². The molecule has 0 saturated heterocycles.